The van der Waals surface area contributed by atoms with Crippen LogP contribution in [0.4, 0.5) is 5.69 Å². The molecule has 0 aliphatic heterocycles. The highest BCUT2D eigenvalue weighted by molar-refractivity contribution is 7.92. The molecule has 206 valence electrons. The number of rotatable bonds is 11. The van der Waals surface area contributed by atoms with Crippen LogP contribution in [-0.4, -0.2) is 34.2 Å². The molecule has 0 aliphatic rings. The zero-order valence-corrected chi connectivity index (χ0v) is 23.5. The quantitative estimate of drug-likeness (QED) is 0.185. The van der Waals surface area contributed by atoms with E-state index in [2.05, 4.69) is 10.5 Å². The number of benzene rings is 4. The van der Waals surface area contributed by atoms with Crippen molar-refractivity contribution >= 4 is 39.4 Å². The molecule has 0 radical (unpaired) electrons. The van der Waals surface area contributed by atoms with Gasteiger partial charge in [-0.05, 0) is 67.1 Å². The molecule has 0 bridgehead atoms. The van der Waals surface area contributed by atoms with Gasteiger partial charge in [-0.1, -0.05) is 59.6 Å². The van der Waals surface area contributed by atoms with Crippen molar-refractivity contribution in [2.45, 2.75) is 18.4 Å². The fourth-order valence-electron chi connectivity index (χ4n) is 3.74. The van der Waals surface area contributed by atoms with Gasteiger partial charge in [-0.3, -0.25) is 9.10 Å². The van der Waals surface area contributed by atoms with Crippen LogP contribution in [0.15, 0.2) is 107 Å². The van der Waals surface area contributed by atoms with Crippen LogP contribution in [0.5, 0.6) is 11.5 Å². The number of hydrazone groups is 1. The topological polar surface area (TPSA) is 97.3 Å². The third kappa shape index (κ3) is 7.19. The van der Waals surface area contributed by atoms with Gasteiger partial charge in [0.15, 0.2) is 0 Å². The van der Waals surface area contributed by atoms with E-state index in [1.807, 2.05) is 31.2 Å². The van der Waals surface area contributed by atoms with Gasteiger partial charge in [0.1, 0.15) is 24.7 Å². The standard InChI is InChI=1S/C30H28ClN3O5S/c1-22-11-17-26(18-12-22)40(36,37)34(28-9-5-6-10-29(28)38-2)20-30(35)33-32-19-23-13-15-25(16-14-23)39-21-24-7-3-4-8-27(24)31/h3-19H,20-21H2,1-2H3,(H,33,35)/b32-19-. The first-order valence-corrected chi connectivity index (χ1v) is 14.1. The van der Waals surface area contributed by atoms with Crippen LogP contribution in [-0.2, 0) is 21.4 Å². The molecule has 0 heterocycles. The Morgan fingerprint density at radius 1 is 0.950 bits per heavy atom. The SMILES string of the molecule is COc1ccccc1N(CC(=O)N/N=C\c1ccc(OCc2ccccc2Cl)cc1)S(=O)(=O)c1ccc(C)cc1. The Hall–Kier alpha value is -4.34. The van der Waals surface area contributed by atoms with Crippen LogP contribution in [0.2, 0.25) is 5.02 Å². The molecule has 0 fully saturated rings. The molecular formula is C30H28ClN3O5S. The van der Waals surface area contributed by atoms with E-state index in [0.29, 0.717) is 28.7 Å². The Morgan fingerprint density at radius 3 is 2.33 bits per heavy atom. The molecule has 0 aromatic heterocycles. The second-order valence-electron chi connectivity index (χ2n) is 8.74. The summed E-state index contributed by atoms with van der Waals surface area (Å²) in [6, 6.07) is 27.6. The van der Waals surface area contributed by atoms with Gasteiger partial charge in [0.2, 0.25) is 0 Å². The lowest BCUT2D eigenvalue weighted by atomic mass is 10.2. The number of carbonyl (C=O) groups is 1. The Kier molecular flexibility index (Phi) is 9.42. The van der Waals surface area contributed by atoms with Gasteiger partial charge in [-0.25, -0.2) is 13.8 Å². The molecule has 0 unspecified atom stereocenters. The number of hydrogen-bond donors (Lipinski definition) is 1. The lowest BCUT2D eigenvalue weighted by Gasteiger charge is -2.25. The van der Waals surface area contributed by atoms with Gasteiger partial charge < -0.3 is 9.47 Å². The largest absolute Gasteiger partial charge is 0.495 e. The van der Waals surface area contributed by atoms with Crippen LogP contribution in [0.3, 0.4) is 0 Å². The van der Waals surface area contributed by atoms with Gasteiger partial charge in [0.25, 0.3) is 15.9 Å². The van der Waals surface area contributed by atoms with Crippen molar-refractivity contribution in [3.8, 4) is 11.5 Å². The van der Waals surface area contributed by atoms with Crippen LogP contribution in [0.25, 0.3) is 0 Å². The number of ether oxygens (including phenoxy) is 2. The number of halogens is 1. The van der Waals surface area contributed by atoms with E-state index in [9.17, 15) is 13.2 Å². The Bertz CT molecular complexity index is 1590. The van der Waals surface area contributed by atoms with E-state index >= 15 is 0 Å². The fraction of sp³-hybridized carbons (Fsp3) is 0.133. The number of carbonyl (C=O) groups excluding carboxylic acids is 1. The molecule has 0 saturated heterocycles. The Morgan fingerprint density at radius 2 is 1.62 bits per heavy atom. The maximum absolute atomic E-state index is 13.6. The van der Waals surface area contributed by atoms with Gasteiger partial charge in [0.05, 0.1) is 23.9 Å². The minimum absolute atomic E-state index is 0.0529. The maximum Gasteiger partial charge on any atom is 0.264 e. The fourth-order valence-corrected chi connectivity index (χ4v) is 5.37. The first kappa shape index (κ1) is 28.7. The van der Waals surface area contributed by atoms with Crippen LogP contribution in [0, 0.1) is 6.92 Å². The van der Waals surface area contributed by atoms with Crippen molar-refractivity contribution in [2.75, 3.05) is 18.0 Å². The van der Waals surface area contributed by atoms with Gasteiger partial charge in [-0.2, -0.15) is 5.10 Å². The van der Waals surface area contributed by atoms with E-state index in [-0.39, 0.29) is 10.6 Å². The molecule has 0 saturated carbocycles. The second kappa shape index (κ2) is 13.1. The predicted molar refractivity (Wildman–Crippen MR) is 157 cm³/mol. The molecule has 4 aromatic rings. The Labute approximate surface area is 238 Å². The monoisotopic (exact) mass is 577 g/mol. The summed E-state index contributed by atoms with van der Waals surface area (Å²) < 4.78 is 39.3. The van der Waals surface area contributed by atoms with Crippen molar-refractivity contribution < 1.29 is 22.7 Å². The molecule has 0 aliphatic carbocycles. The van der Waals surface area contributed by atoms with Crippen LogP contribution in [0.1, 0.15) is 16.7 Å². The highest BCUT2D eigenvalue weighted by atomic mass is 35.5. The highest BCUT2D eigenvalue weighted by Gasteiger charge is 2.29. The molecule has 0 spiro atoms. The second-order valence-corrected chi connectivity index (χ2v) is 11.0. The van der Waals surface area contributed by atoms with Crippen molar-refractivity contribution in [2.24, 2.45) is 5.10 Å². The van der Waals surface area contributed by atoms with Gasteiger partial charge >= 0.3 is 0 Å². The highest BCUT2D eigenvalue weighted by Crippen LogP contribution is 2.32. The molecule has 0 atom stereocenters. The summed E-state index contributed by atoms with van der Waals surface area (Å²) in [5.41, 5.74) is 5.14. The van der Waals surface area contributed by atoms with E-state index in [1.165, 1.54) is 25.5 Å². The number of nitrogens with zero attached hydrogens (tertiary/aromatic N) is 2. The normalized spacial score (nSPS) is 11.3. The molecule has 4 rings (SSSR count). The van der Waals surface area contributed by atoms with Gasteiger partial charge in [0, 0.05) is 10.6 Å². The third-order valence-electron chi connectivity index (χ3n) is 5.89. The van der Waals surface area contributed by atoms with Crippen molar-refractivity contribution in [3.05, 3.63) is 119 Å². The lowest BCUT2D eigenvalue weighted by molar-refractivity contribution is -0.119. The number of amides is 1. The summed E-state index contributed by atoms with van der Waals surface area (Å²) in [5.74, 6) is 0.332. The number of nitrogens with one attached hydrogen (secondary N) is 1. The van der Waals surface area contributed by atoms with Crippen LogP contribution >= 0.6 is 11.6 Å². The summed E-state index contributed by atoms with van der Waals surface area (Å²) >= 11 is 6.17. The average molecular weight is 578 g/mol. The van der Waals surface area contributed by atoms with Crippen molar-refractivity contribution in [1.82, 2.24) is 5.43 Å². The first-order valence-electron chi connectivity index (χ1n) is 12.3. The maximum atomic E-state index is 13.6. The van der Waals surface area contributed by atoms with Crippen molar-refractivity contribution in [3.63, 3.8) is 0 Å². The average Bonchev–Trinajstić information content (AvgIpc) is 2.96. The number of methoxy groups -OCH3 is 1. The van der Waals surface area contributed by atoms with E-state index in [0.717, 1.165) is 15.4 Å². The molecule has 1 N–H and O–H groups in total. The number of anilines is 1. The van der Waals surface area contributed by atoms with Gasteiger partial charge in [-0.15, -0.1) is 0 Å². The van der Waals surface area contributed by atoms with E-state index < -0.39 is 22.5 Å². The minimum atomic E-state index is -4.09. The molecule has 10 heteroatoms. The Balaban J connectivity index is 1.44. The molecular weight excluding hydrogens is 550 g/mol. The molecule has 40 heavy (non-hydrogen) atoms. The summed E-state index contributed by atoms with van der Waals surface area (Å²) in [6.45, 7) is 1.68. The first-order chi connectivity index (χ1) is 19.3. The number of aryl methyl sites for hydroxylation is 1. The lowest BCUT2D eigenvalue weighted by Crippen LogP contribution is -2.39. The zero-order chi connectivity index (χ0) is 28.5. The molecule has 4 aromatic carbocycles. The zero-order valence-electron chi connectivity index (χ0n) is 22.0. The molecule has 8 nitrogen and oxygen atoms in total. The molecule has 1 amide bonds. The summed E-state index contributed by atoms with van der Waals surface area (Å²) in [6.07, 6.45) is 1.46. The third-order valence-corrected chi connectivity index (χ3v) is 8.03. The number of sulfonamides is 1. The number of hydrogen-bond acceptors (Lipinski definition) is 6. The minimum Gasteiger partial charge on any atom is -0.495 e. The number of para-hydroxylation sites is 2. The van der Waals surface area contributed by atoms with E-state index in [1.54, 1.807) is 60.7 Å². The summed E-state index contributed by atoms with van der Waals surface area (Å²) in [5, 5.41) is 4.63. The predicted octanol–water partition coefficient (Wildman–Crippen LogP) is 5.58. The smallest absolute Gasteiger partial charge is 0.264 e. The van der Waals surface area contributed by atoms with E-state index in [4.69, 9.17) is 21.1 Å². The summed E-state index contributed by atoms with van der Waals surface area (Å²) in [7, 11) is -2.65. The summed E-state index contributed by atoms with van der Waals surface area (Å²) in [4.78, 5) is 12.9. The van der Waals surface area contributed by atoms with Crippen molar-refractivity contribution in [1.29, 1.82) is 0 Å². The van der Waals surface area contributed by atoms with Crippen LogP contribution < -0.4 is 19.2 Å².